The number of amidine groups is 1. The van der Waals surface area contributed by atoms with Crippen molar-refractivity contribution in [1.82, 2.24) is 4.90 Å². The molecule has 6 heteroatoms. The first-order valence-electron chi connectivity index (χ1n) is 11.7. The highest BCUT2D eigenvalue weighted by Gasteiger charge is 2.34. The molecule has 1 aliphatic carbocycles. The minimum atomic E-state index is 0.0441. The number of halogens is 1. The van der Waals surface area contributed by atoms with Gasteiger partial charge >= 0.3 is 0 Å². The molecule has 1 aliphatic heterocycles. The number of aliphatic imine (C=N–C) groups is 1. The van der Waals surface area contributed by atoms with Gasteiger partial charge in [-0.1, -0.05) is 32.0 Å². The Bertz CT molecular complexity index is 837. The number of carbonyl (C=O) groups excluding carboxylic acids is 1. The van der Waals surface area contributed by atoms with E-state index < -0.39 is 0 Å². The van der Waals surface area contributed by atoms with Crippen LogP contribution in [0.4, 0.5) is 5.69 Å². The maximum atomic E-state index is 13.5. The van der Waals surface area contributed by atoms with E-state index in [1.165, 1.54) is 12.8 Å². The van der Waals surface area contributed by atoms with Gasteiger partial charge in [0.15, 0.2) is 0 Å². The Labute approximate surface area is 197 Å². The SMILES string of the molecule is C=C(/C=C\N=C(C(C)CC)N1CCC(C(=O)N(CC2CC2)c2ccc(Cl)cc2)CC1)OC. The van der Waals surface area contributed by atoms with Crippen molar-refractivity contribution in [3.8, 4) is 0 Å². The largest absolute Gasteiger partial charge is 0.497 e. The fourth-order valence-corrected chi connectivity index (χ4v) is 4.17. The number of amides is 1. The Morgan fingerprint density at radius 3 is 2.50 bits per heavy atom. The van der Waals surface area contributed by atoms with Gasteiger partial charge < -0.3 is 14.5 Å². The molecule has 1 heterocycles. The average Bonchev–Trinajstić information content (AvgIpc) is 3.64. The minimum Gasteiger partial charge on any atom is -0.497 e. The van der Waals surface area contributed by atoms with E-state index in [-0.39, 0.29) is 11.8 Å². The molecule has 32 heavy (non-hydrogen) atoms. The van der Waals surface area contributed by atoms with Crippen molar-refractivity contribution in [2.45, 2.75) is 46.0 Å². The highest BCUT2D eigenvalue weighted by molar-refractivity contribution is 6.30. The number of methoxy groups -OCH3 is 1. The first-order chi connectivity index (χ1) is 15.4. The van der Waals surface area contributed by atoms with Crippen molar-refractivity contribution in [3.63, 3.8) is 0 Å². The number of ether oxygens (including phenoxy) is 1. The summed E-state index contributed by atoms with van der Waals surface area (Å²) in [6.45, 7) is 10.7. The van der Waals surface area contributed by atoms with Gasteiger partial charge in [-0.3, -0.25) is 4.79 Å². The zero-order valence-electron chi connectivity index (χ0n) is 19.6. The number of nitrogens with zero attached hydrogens (tertiary/aromatic N) is 3. The molecule has 1 aromatic carbocycles. The van der Waals surface area contributed by atoms with Crippen LogP contribution in [0.2, 0.25) is 5.02 Å². The molecule has 2 fully saturated rings. The van der Waals surface area contributed by atoms with Crippen molar-refractivity contribution in [3.05, 3.63) is 53.9 Å². The van der Waals surface area contributed by atoms with Crippen molar-refractivity contribution in [1.29, 1.82) is 0 Å². The molecular formula is C26H36ClN3O2. The minimum absolute atomic E-state index is 0.0441. The van der Waals surface area contributed by atoms with Gasteiger partial charge in [-0.2, -0.15) is 0 Å². The fraction of sp³-hybridized carbons (Fsp3) is 0.538. The summed E-state index contributed by atoms with van der Waals surface area (Å²) in [5.41, 5.74) is 0.957. The molecule has 1 saturated carbocycles. The average molecular weight is 458 g/mol. The lowest BCUT2D eigenvalue weighted by Crippen LogP contribution is -2.46. The first kappa shape index (κ1) is 24.4. The Morgan fingerprint density at radius 2 is 1.94 bits per heavy atom. The zero-order valence-corrected chi connectivity index (χ0v) is 20.4. The summed E-state index contributed by atoms with van der Waals surface area (Å²) in [6, 6.07) is 7.66. The summed E-state index contributed by atoms with van der Waals surface area (Å²) in [5, 5.41) is 0.695. The maximum Gasteiger partial charge on any atom is 0.230 e. The third-order valence-corrected chi connectivity index (χ3v) is 6.74. The molecule has 0 N–H and O–H groups in total. The van der Waals surface area contributed by atoms with Gasteiger partial charge in [0, 0.05) is 48.4 Å². The van der Waals surface area contributed by atoms with Gasteiger partial charge in [0.1, 0.15) is 11.6 Å². The molecule has 1 aromatic rings. The number of carbonyl (C=O) groups is 1. The van der Waals surface area contributed by atoms with Crippen LogP contribution in [0.15, 0.2) is 53.9 Å². The molecule has 1 unspecified atom stereocenters. The van der Waals surface area contributed by atoms with Gasteiger partial charge in [0.25, 0.3) is 0 Å². The van der Waals surface area contributed by atoms with Gasteiger partial charge in [-0.25, -0.2) is 4.99 Å². The molecular weight excluding hydrogens is 422 g/mol. The standard InChI is InChI=1S/C26H36ClN3O2/c1-5-19(2)25(28-15-12-20(3)32-4)29-16-13-22(14-17-29)26(31)30(18-21-6-7-21)24-10-8-23(27)9-11-24/h8-12,15,19,21-22H,3,5-7,13-14,16-18H2,1-2,4H3/b15-12-,28-25?. The second-order valence-electron chi connectivity index (χ2n) is 8.91. The number of hydrogen-bond donors (Lipinski definition) is 0. The molecule has 0 aromatic heterocycles. The zero-order chi connectivity index (χ0) is 23.1. The molecule has 174 valence electrons. The quantitative estimate of drug-likeness (QED) is 0.200. The lowest BCUT2D eigenvalue weighted by Gasteiger charge is -2.37. The molecule has 1 atom stereocenters. The fourth-order valence-electron chi connectivity index (χ4n) is 4.05. The number of piperidine rings is 1. The van der Waals surface area contributed by atoms with E-state index in [4.69, 9.17) is 21.3 Å². The Morgan fingerprint density at radius 1 is 1.28 bits per heavy atom. The van der Waals surface area contributed by atoms with E-state index in [0.717, 1.165) is 50.4 Å². The van der Waals surface area contributed by atoms with Crippen LogP contribution in [0.25, 0.3) is 0 Å². The highest BCUT2D eigenvalue weighted by atomic mass is 35.5. The molecule has 0 bridgehead atoms. The van der Waals surface area contributed by atoms with Crippen LogP contribution in [0.5, 0.6) is 0 Å². The number of hydrogen-bond acceptors (Lipinski definition) is 3. The van der Waals surface area contributed by atoms with E-state index >= 15 is 0 Å². The van der Waals surface area contributed by atoms with E-state index in [1.807, 2.05) is 29.2 Å². The lowest BCUT2D eigenvalue weighted by molar-refractivity contribution is -0.123. The van der Waals surface area contributed by atoms with Crippen LogP contribution in [0, 0.1) is 17.8 Å². The van der Waals surface area contributed by atoms with Crippen LogP contribution >= 0.6 is 11.6 Å². The van der Waals surface area contributed by atoms with Gasteiger partial charge in [0.2, 0.25) is 5.91 Å². The predicted molar refractivity (Wildman–Crippen MR) is 133 cm³/mol. The van der Waals surface area contributed by atoms with Crippen LogP contribution < -0.4 is 4.90 Å². The molecule has 3 rings (SSSR count). The Balaban J connectivity index is 1.67. The molecule has 2 aliphatic rings. The lowest BCUT2D eigenvalue weighted by atomic mass is 9.93. The second-order valence-corrected chi connectivity index (χ2v) is 9.35. The van der Waals surface area contributed by atoms with Crippen molar-refractivity contribution in [2.24, 2.45) is 22.7 Å². The third-order valence-electron chi connectivity index (χ3n) is 6.49. The number of benzene rings is 1. The second kappa shape index (κ2) is 11.6. The molecule has 1 saturated heterocycles. The number of anilines is 1. The van der Waals surface area contributed by atoms with E-state index in [1.54, 1.807) is 19.4 Å². The van der Waals surface area contributed by atoms with Crippen molar-refractivity contribution >= 4 is 29.0 Å². The van der Waals surface area contributed by atoms with Gasteiger partial charge in [-0.05, 0) is 68.4 Å². The van der Waals surface area contributed by atoms with E-state index in [9.17, 15) is 4.79 Å². The molecule has 0 spiro atoms. The van der Waals surface area contributed by atoms with Gasteiger partial charge in [0.05, 0.1) is 7.11 Å². The summed E-state index contributed by atoms with van der Waals surface area (Å²) < 4.78 is 5.09. The van der Waals surface area contributed by atoms with Crippen molar-refractivity contribution < 1.29 is 9.53 Å². The molecule has 0 radical (unpaired) electrons. The smallest absolute Gasteiger partial charge is 0.230 e. The van der Waals surface area contributed by atoms with Crippen LogP contribution in [0.3, 0.4) is 0 Å². The van der Waals surface area contributed by atoms with Crippen LogP contribution in [0.1, 0.15) is 46.0 Å². The monoisotopic (exact) mass is 457 g/mol. The Kier molecular flexibility index (Phi) is 8.80. The number of rotatable bonds is 9. The summed E-state index contributed by atoms with van der Waals surface area (Å²) in [6.07, 6.45) is 8.68. The Hall–Kier alpha value is -2.27. The van der Waals surface area contributed by atoms with Crippen molar-refractivity contribution in [2.75, 3.05) is 31.6 Å². The maximum absolute atomic E-state index is 13.5. The summed E-state index contributed by atoms with van der Waals surface area (Å²) in [5.74, 6) is 2.93. The number of allylic oxidation sites excluding steroid dienone is 1. The van der Waals surface area contributed by atoms with Crippen LogP contribution in [-0.4, -0.2) is 43.4 Å². The van der Waals surface area contributed by atoms with Gasteiger partial charge in [-0.15, -0.1) is 0 Å². The first-order valence-corrected chi connectivity index (χ1v) is 12.1. The normalized spacial score (nSPS) is 18.6. The summed E-state index contributed by atoms with van der Waals surface area (Å²) >= 11 is 6.07. The highest BCUT2D eigenvalue weighted by Crippen LogP contribution is 2.33. The molecule has 5 nitrogen and oxygen atoms in total. The van der Waals surface area contributed by atoms with E-state index in [0.29, 0.717) is 22.6 Å². The van der Waals surface area contributed by atoms with Crippen LogP contribution in [-0.2, 0) is 9.53 Å². The van der Waals surface area contributed by atoms with E-state index in [2.05, 4.69) is 25.3 Å². The number of likely N-dealkylation sites (tertiary alicyclic amines) is 1. The topological polar surface area (TPSA) is 45.1 Å². The predicted octanol–water partition coefficient (Wildman–Crippen LogP) is 5.91. The molecule has 1 amide bonds. The summed E-state index contributed by atoms with van der Waals surface area (Å²) in [4.78, 5) is 22.6. The summed E-state index contributed by atoms with van der Waals surface area (Å²) in [7, 11) is 1.60. The third kappa shape index (κ3) is 6.61.